The zero-order chi connectivity index (χ0) is 15.1. The summed E-state index contributed by atoms with van der Waals surface area (Å²) in [5.41, 5.74) is 7.73. The van der Waals surface area contributed by atoms with Crippen LogP contribution in [0.3, 0.4) is 0 Å². The molecule has 4 nitrogen and oxygen atoms in total. The molecule has 3 N–H and O–H groups in total. The van der Waals surface area contributed by atoms with Gasteiger partial charge in [0.1, 0.15) is 0 Å². The standard InChI is InChI=1S/C15H20N2O2S2/c16-9-1-2-13-3-5-15(6-4-13)21(18,19)17-10-7-14-8-11-20-12-14/h3-6,8,11-12,17H,1-2,7,9-10,16H2. The van der Waals surface area contributed by atoms with Crippen LogP contribution < -0.4 is 10.5 Å². The Morgan fingerprint density at radius 3 is 2.43 bits per heavy atom. The SMILES string of the molecule is NCCCc1ccc(S(=O)(=O)NCCc2ccsc2)cc1. The van der Waals surface area contributed by atoms with Crippen molar-refractivity contribution in [1.82, 2.24) is 4.72 Å². The van der Waals surface area contributed by atoms with Crippen molar-refractivity contribution in [1.29, 1.82) is 0 Å². The third kappa shape index (κ3) is 4.93. The van der Waals surface area contributed by atoms with E-state index in [1.807, 2.05) is 29.0 Å². The van der Waals surface area contributed by atoms with Crippen molar-refractivity contribution in [3.63, 3.8) is 0 Å². The zero-order valence-electron chi connectivity index (χ0n) is 11.8. The summed E-state index contributed by atoms with van der Waals surface area (Å²) < 4.78 is 26.9. The van der Waals surface area contributed by atoms with Gasteiger partial charge in [-0.2, -0.15) is 11.3 Å². The predicted molar refractivity (Wildman–Crippen MR) is 87.0 cm³/mol. The molecule has 0 saturated heterocycles. The van der Waals surface area contributed by atoms with Crippen molar-refractivity contribution < 1.29 is 8.42 Å². The van der Waals surface area contributed by atoms with Gasteiger partial charge in [0.05, 0.1) is 4.90 Å². The Balaban J connectivity index is 1.92. The molecule has 2 rings (SSSR count). The van der Waals surface area contributed by atoms with E-state index in [1.165, 1.54) is 0 Å². The molecule has 1 aromatic heterocycles. The molecule has 21 heavy (non-hydrogen) atoms. The van der Waals surface area contributed by atoms with Gasteiger partial charge in [-0.05, 0) is 65.9 Å². The molecule has 6 heteroatoms. The lowest BCUT2D eigenvalue weighted by Crippen LogP contribution is -2.25. The predicted octanol–water partition coefficient (Wildman–Crippen LogP) is 2.16. The molecule has 0 spiro atoms. The molecule has 2 aromatic rings. The van der Waals surface area contributed by atoms with Crippen LogP contribution in [0.1, 0.15) is 17.5 Å². The molecule has 0 atom stereocenters. The van der Waals surface area contributed by atoms with Gasteiger partial charge in [0.15, 0.2) is 0 Å². The second-order valence-corrected chi connectivity index (χ2v) is 7.36. The molecule has 0 aliphatic rings. The molecule has 1 aromatic carbocycles. The quantitative estimate of drug-likeness (QED) is 0.781. The third-order valence-electron chi connectivity index (χ3n) is 3.19. The summed E-state index contributed by atoms with van der Waals surface area (Å²) in [5.74, 6) is 0. The normalized spacial score (nSPS) is 11.7. The molecule has 0 saturated carbocycles. The van der Waals surface area contributed by atoms with Crippen LogP contribution in [0.25, 0.3) is 0 Å². The average Bonchev–Trinajstić information content (AvgIpc) is 2.98. The van der Waals surface area contributed by atoms with Gasteiger partial charge in [0.25, 0.3) is 0 Å². The first-order valence-electron chi connectivity index (χ1n) is 6.91. The van der Waals surface area contributed by atoms with E-state index in [0.717, 1.165) is 24.0 Å². The Kier molecular flexibility index (Phi) is 5.93. The van der Waals surface area contributed by atoms with Gasteiger partial charge in [0, 0.05) is 6.54 Å². The first-order valence-corrected chi connectivity index (χ1v) is 9.34. The highest BCUT2D eigenvalue weighted by Gasteiger charge is 2.13. The van der Waals surface area contributed by atoms with Gasteiger partial charge in [-0.1, -0.05) is 12.1 Å². The fourth-order valence-electron chi connectivity index (χ4n) is 1.99. The monoisotopic (exact) mass is 324 g/mol. The third-order valence-corrected chi connectivity index (χ3v) is 5.40. The van der Waals surface area contributed by atoms with E-state index in [0.29, 0.717) is 24.4 Å². The summed E-state index contributed by atoms with van der Waals surface area (Å²) in [6.07, 6.45) is 2.49. The highest BCUT2D eigenvalue weighted by molar-refractivity contribution is 7.89. The number of hydrogen-bond acceptors (Lipinski definition) is 4. The highest BCUT2D eigenvalue weighted by Crippen LogP contribution is 2.12. The minimum Gasteiger partial charge on any atom is -0.330 e. The molecule has 0 radical (unpaired) electrons. The summed E-state index contributed by atoms with van der Waals surface area (Å²) in [5, 5.41) is 4.02. The van der Waals surface area contributed by atoms with Crippen LogP contribution in [0.2, 0.25) is 0 Å². The lowest BCUT2D eigenvalue weighted by Gasteiger charge is -2.07. The molecule has 0 amide bonds. The number of rotatable bonds is 8. The Bertz CT molecular complexity index is 635. The van der Waals surface area contributed by atoms with E-state index in [-0.39, 0.29) is 0 Å². The van der Waals surface area contributed by atoms with Crippen LogP contribution in [-0.2, 0) is 22.9 Å². The van der Waals surface area contributed by atoms with Gasteiger partial charge in [-0.3, -0.25) is 0 Å². The Labute approximate surface area is 130 Å². The Morgan fingerprint density at radius 2 is 1.81 bits per heavy atom. The highest BCUT2D eigenvalue weighted by atomic mass is 32.2. The van der Waals surface area contributed by atoms with E-state index in [1.54, 1.807) is 23.5 Å². The van der Waals surface area contributed by atoms with Gasteiger partial charge in [0.2, 0.25) is 10.0 Å². The van der Waals surface area contributed by atoms with Crippen molar-refractivity contribution >= 4 is 21.4 Å². The van der Waals surface area contributed by atoms with Crippen molar-refractivity contribution in [3.8, 4) is 0 Å². The second kappa shape index (κ2) is 7.70. The first kappa shape index (κ1) is 16.2. The summed E-state index contributed by atoms with van der Waals surface area (Å²) in [7, 11) is -3.42. The van der Waals surface area contributed by atoms with Crippen LogP contribution in [0, 0.1) is 0 Å². The van der Waals surface area contributed by atoms with Crippen molar-refractivity contribution in [2.75, 3.05) is 13.1 Å². The fraction of sp³-hybridized carbons (Fsp3) is 0.333. The number of benzene rings is 1. The number of sulfonamides is 1. The molecule has 114 valence electrons. The minimum atomic E-state index is -3.42. The van der Waals surface area contributed by atoms with Crippen molar-refractivity contribution in [2.24, 2.45) is 5.73 Å². The molecular formula is C15H20N2O2S2. The number of aryl methyl sites for hydroxylation is 1. The number of hydrogen-bond donors (Lipinski definition) is 2. The minimum absolute atomic E-state index is 0.310. The average molecular weight is 324 g/mol. The van der Waals surface area contributed by atoms with Crippen molar-refractivity contribution in [3.05, 3.63) is 52.2 Å². The first-order chi connectivity index (χ1) is 10.1. The molecule has 1 heterocycles. The van der Waals surface area contributed by atoms with E-state index in [2.05, 4.69) is 4.72 Å². The molecular weight excluding hydrogens is 304 g/mol. The molecule has 0 aliphatic carbocycles. The summed E-state index contributed by atoms with van der Waals surface area (Å²) >= 11 is 1.62. The van der Waals surface area contributed by atoms with E-state index >= 15 is 0 Å². The Hall–Kier alpha value is -1.21. The maximum absolute atomic E-state index is 12.2. The van der Waals surface area contributed by atoms with Gasteiger partial charge < -0.3 is 5.73 Å². The number of thiophene rings is 1. The van der Waals surface area contributed by atoms with Crippen LogP contribution in [0.4, 0.5) is 0 Å². The van der Waals surface area contributed by atoms with Crippen LogP contribution >= 0.6 is 11.3 Å². The Morgan fingerprint density at radius 1 is 1.05 bits per heavy atom. The summed E-state index contributed by atoms with van der Waals surface area (Å²) in [4.78, 5) is 0.310. The van der Waals surface area contributed by atoms with Gasteiger partial charge in [-0.25, -0.2) is 13.1 Å². The van der Waals surface area contributed by atoms with Gasteiger partial charge in [-0.15, -0.1) is 0 Å². The maximum atomic E-state index is 12.2. The topological polar surface area (TPSA) is 72.2 Å². The number of nitrogens with two attached hydrogens (primary N) is 1. The number of nitrogens with one attached hydrogen (secondary N) is 1. The molecule has 0 fully saturated rings. The van der Waals surface area contributed by atoms with E-state index < -0.39 is 10.0 Å². The lowest BCUT2D eigenvalue weighted by molar-refractivity contribution is 0.581. The smallest absolute Gasteiger partial charge is 0.240 e. The van der Waals surface area contributed by atoms with Crippen LogP contribution in [0.15, 0.2) is 46.0 Å². The lowest BCUT2D eigenvalue weighted by atomic mass is 10.1. The maximum Gasteiger partial charge on any atom is 0.240 e. The molecule has 0 bridgehead atoms. The zero-order valence-corrected chi connectivity index (χ0v) is 13.4. The van der Waals surface area contributed by atoms with E-state index in [4.69, 9.17) is 5.73 Å². The van der Waals surface area contributed by atoms with E-state index in [9.17, 15) is 8.42 Å². The second-order valence-electron chi connectivity index (χ2n) is 4.82. The largest absolute Gasteiger partial charge is 0.330 e. The molecule has 0 unspecified atom stereocenters. The van der Waals surface area contributed by atoms with Crippen LogP contribution in [0.5, 0.6) is 0 Å². The summed E-state index contributed by atoms with van der Waals surface area (Å²) in [6.45, 7) is 1.05. The van der Waals surface area contributed by atoms with Crippen LogP contribution in [-0.4, -0.2) is 21.5 Å². The molecule has 0 aliphatic heterocycles. The fourth-order valence-corrected chi connectivity index (χ4v) is 3.72. The van der Waals surface area contributed by atoms with Crippen molar-refractivity contribution in [2.45, 2.75) is 24.2 Å². The summed E-state index contributed by atoms with van der Waals surface area (Å²) in [6, 6.07) is 9.01. The van der Waals surface area contributed by atoms with Gasteiger partial charge >= 0.3 is 0 Å².